The van der Waals surface area contributed by atoms with Crippen LogP contribution in [0.1, 0.15) is 120 Å². The number of benzene rings is 2. The van der Waals surface area contributed by atoms with Crippen LogP contribution in [0.4, 0.5) is 10.3 Å². The maximum absolute atomic E-state index is 13.5. The summed E-state index contributed by atoms with van der Waals surface area (Å²) >= 11 is 0. The van der Waals surface area contributed by atoms with Gasteiger partial charge in [-0.2, -0.15) is 0 Å². The molecule has 0 unspecified atom stereocenters. The molecule has 2 aromatic carbocycles. The van der Waals surface area contributed by atoms with Crippen molar-refractivity contribution in [3.05, 3.63) is 82.3 Å². The molecule has 1 heterocycles. The number of aliphatic hydroxyl groups excluding tert-OH is 2. The topological polar surface area (TPSA) is 167 Å². The number of aryl methyl sites for hydroxylation is 1. The maximum Gasteiger partial charge on any atom is 0.305 e. The highest BCUT2D eigenvalue weighted by molar-refractivity contribution is 7.92. The van der Waals surface area contributed by atoms with Gasteiger partial charge in [0.15, 0.2) is 0 Å². The Balaban J connectivity index is 0.000000264. The Hall–Kier alpha value is -3.71. The quantitative estimate of drug-likeness (QED) is 0.149. The van der Waals surface area contributed by atoms with Gasteiger partial charge in [-0.3, -0.25) is 4.79 Å². The Morgan fingerprint density at radius 1 is 1.06 bits per heavy atom. The molecule has 0 amide bonds. The molecule has 3 aromatic rings. The first kappa shape index (κ1) is 43.0. The van der Waals surface area contributed by atoms with Crippen LogP contribution in [-0.4, -0.2) is 71.7 Å². The van der Waals surface area contributed by atoms with Crippen LogP contribution in [0.15, 0.2) is 48.5 Å². The third-order valence-electron chi connectivity index (χ3n) is 11.5. The van der Waals surface area contributed by atoms with E-state index in [2.05, 4.69) is 55.9 Å². The highest BCUT2D eigenvalue weighted by Gasteiger charge is 2.51. The molecular weight excluding hydrogens is 708 g/mol. The second kappa shape index (κ2) is 17.4. The van der Waals surface area contributed by atoms with Gasteiger partial charge in [0.2, 0.25) is 16.0 Å². The van der Waals surface area contributed by atoms with E-state index in [0.29, 0.717) is 39.3 Å². The number of aliphatic hydroxyl groups is 2. The van der Waals surface area contributed by atoms with Crippen LogP contribution < -0.4 is 10.0 Å². The summed E-state index contributed by atoms with van der Waals surface area (Å²) in [6, 6.07) is 12.8. The number of hydrogen-bond acceptors (Lipinski definition) is 8. The Kier molecular flexibility index (Phi) is 13.9. The Morgan fingerprint density at radius 2 is 1.72 bits per heavy atom. The van der Waals surface area contributed by atoms with Gasteiger partial charge in [-0.05, 0) is 102 Å². The third kappa shape index (κ3) is 9.93. The minimum Gasteiger partial charge on any atom is -0.481 e. The predicted molar refractivity (Wildman–Crippen MR) is 213 cm³/mol. The number of rotatable bonds is 12. The first-order valence-corrected chi connectivity index (χ1v) is 20.8. The van der Waals surface area contributed by atoms with Gasteiger partial charge < -0.3 is 21.1 Å². The number of fused-ring (bicyclic) bond motifs is 3. The van der Waals surface area contributed by atoms with Crippen molar-refractivity contribution < 1.29 is 32.9 Å². The molecule has 0 radical (unpaired) electrons. The van der Waals surface area contributed by atoms with Gasteiger partial charge in [0.25, 0.3) is 0 Å². The Morgan fingerprint density at radius 3 is 2.30 bits per heavy atom. The molecule has 1 saturated carbocycles. The molecule has 5 atom stereocenters. The molecule has 2 aliphatic carbocycles. The monoisotopic (exact) mass is 766 g/mol. The number of carboxylic acid groups (broad SMARTS) is 1. The summed E-state index contributed by atoms with van der Waals surface area (Å²) in [6.07, 6.45) is 7.39. The smallest absolute Gasteiger partial charge is 0.305 e. The fourth-order valence-electron chi connectivity index (χ4n) is 8.29. The van der Waals surface area contributed by atoms with Crippen LogP contribution in [0, 0.1) is 17.2 Å². The average Bonchev–Trinajstić information content (AvgIpc) is 3.09. The molecule has 0 aliphatic heterocycles. The van der Waals surface area contributed by atoms with Crippen LogP contribution in [0.3, 0.4) is 0 Å². The summed E-state index contributed by atoms with van der Waals surface area (Å²) in [6.45, 7) is 14.1. The van der Waals surface area contributed by atoms with Gasteiger partial charge in [-0.15, -0.1) is 0 Å². The van der Waals surface area contributed by atoms with Gasteiger partial charge in [0.05, 0.1) is 36.3 Å². The van der Waals surface area contributed by atoms with E-state index in [-0.39, 0.29) is 18.3 Å². The summed E-state index contributed by atoms with van der Waals surface area (Å²) in [4.78, 5) is 19.6. The SMILES string of the molecule is CC(C)c1ccc2c(c1)CC[C@H]1[C@](C)(CN)CCC[C@]21C.CC(C)c1nc(N(C)S(C)(=O)=O)nc(-c2ccc(F)cc2)c1/C=C/[C@@H](O)C[C@@H](O)CC(=O)O. The molecule has 1 fully saturated rings. The van der Waals surface area contributed by atoms with Crippen molar-refractivity contribution in [1.29, 1.82) is 0 Å². The highest BCUT2D eigenvalue weighted by atomic mass is 32.2. The van der Waals surface area contributed by atoms with E-state index >= 15 is 0 Å². The normalized spacial score (nSPS) is 22.3. The number of nitrogens with two attached hydrogens (primary N) is 1. The summed E-state index contributed by atoms with van der Waals surface area (Å²) < 4.78 is 38.6. The Labute approximate surface area is 320 Å². The van der Waals surface area contributed by atoms with Gasteiger partial charge in [-0.1, -0.05) is 78.3 Å². The van der Waals surface area contributed by atoms with Crippen molar-refractivity contribution in [2.45, 2.75) is 116 Å². The van der Waals surface area contributed by atoms with Crippen LogP contribution in [0.25, 0.3) is 17.3 Å². The molecule has 10 nitrogen and oxygen atoms in total. The summed E-state index contributed by atoms with van der Waals surface area (Å²) in [5.41, 5.74) is 13.4. The highest BCUT2D eigenvalue weighted by Crippen LogP contribution is 2.57. The van der Waals surface area contributed by atoms with E-state index in [1.165, 1.54) is 81.1 Å². The van der Waals surface area contributed by atoms with Gasteiger partial charge in [0, 0.05) is 24.6 Å². The van der Waals surface area contributed by atoms with E-state index in [4.69, 9.17) is 10.8 Å². The van der Waals surface area contributed by atoms with Gasteiger partial charge in [-0.25, -0.2) is 27.1 Å². The molecule has 5 N–H and O–H groups in total. The number of nitrogens with zero attached hydrogens (tertiary/aromatic N) is 3. The van der Waals surface area contributed by atoms with Crippen molar-refractivity contribution in [3.8, 4) is 11.3 Å². The lowest BCUT2D eigenvalue weighted by Gasteiger charge is -2.55. The number of aliphatic carboxylic acids is 1. The molecule has 1 aromatic heterocycles. The van der Waals surface area contributed by atoms with Crippen LogP contribution in [-0.2, 0) is 26.7 Å². The van der Waals surface area contributed by atoms with Crippen molar-refractivity contribution in [1.82, 2.24) is 9.97 Å². The fourth-order valence-corrected chi connectivity index (χ4v) is 8.67. The molecule has 12 heteroatoms. The van der Waals surface area contributed by atoms with E-state index in [1.54, 1.807) is 11.1 Å². The number of sulfonamides is 1. The lowest BCUT2D eigenvalue weighted by atomic mass is 9.50. The largest absolute Gasteiger partial charge is 0.481 e. The van der Waals surface area contributed by atoms with Crippen LogP contribution in [0.2, 0.25) is 0 Å². The number of aromatic nitrogens is 2. The van der Waals surface area contributed by atoms with Gasteiger partial charge in [0.1, 0.15) is 5.82 Å². The molecule has 0 bridgehead atoms. The number of halogens is 1. The molecular formula is C42H59FN4O6S. The molecule has 0 spiro atoms. The molecule has 0 saturated heterocycles. The average molecular weight is 767 g/mol. The molecule has 5 rings (SSSR count). The zero-order chi connectivity index (χ0) is 40.2. The predicted octanol–water partition coefficient (Wildman–Crippen LogP) is 7.18. The van der Waals surface area contributed by atoms with Crippen LogP contribution in [0.5, 0.6) is 0 Å². The molecule has 54 heavy (non-hydrogen) atoms. The maximum atomic E-state index is 13.5. The number of carbonyl (C=O) groups is 1. The van der Waals surface area contributed by atoms with E-state index in [0.717, 1.165) is 23.0 Å². The third-order valence-corrected chi connectivity index (χ3v) is 12.6. The minimum absolute atomic E-state index is 0.0601. The fraction of sp³-hybridized carbons (Fsp3) is 0.548. The number of anilines is 1. The molecule has 296 valence electrons. The van der Waals surface area contributed by atoms with Crippen molar-refractivity contribution in [2.75, 3.05) is 24.2 Å². The number of hydrogen-bond donors (Lipinski definition) is 4. The van der Waals surface area contributed by atoms with E-state index in [9.17, 15) is 27.8 Å². The zero-order valence-electron chi connectivity index (χ0n) is 33.0. The lowest BCUT2D eigenvalue weighted by Crippen LogP contribution is -2.51. The van der Waals surface area contributed by atoms with Gasteiger partial charge >= 0.3 is 5.97 Å². The second-order valence-corrected chi connectivity index (χ2v) is 18.3. The van der Waals surface area contributed by atoms with E-state index in [1.807, 2.05) is 13.8 Å². The van der Waals surface area contributed by atoms with Crippen LogP contribution >= 0.6 is 0 Å². The number of carboxylic acids is 1. The summed E-state index contributed by atoms with van der Waals surface area (Å²) in [7, 11) is -2.33. The zero-order valence-corrected chi connectivity index (χ0v) is 33.8. The first-order valence-electron chi connectivity index (χ1n) is 18.9. The first-order chi connectivity index (χ1) is 25.2. The summed E-state index contributed by atoms with van der Waals surface area (Å²) in [5.74, 6) is -0.491. The summed E-state index contributed by atoms with van der Waals surface area (Å²) in [5, 5.41) is 28.8. The van der Waals surface area contributed by atoms with Crippen molar-refractivity contribution in [3.63, 3.8) is 0 Å². The second-order valence-electron chi connectivity index (χ2n) is 16.3. The molecule has 2 aliphatic rings. The lowest BCUT2D eigenvalue weighted by molar-refractivity contribution is -0.139. The van der Waals surface area contributed by atoms with Crippen molar-refractivity contribution in [2.24, 2.45) is 17.1 Å². The van der Waals surface area contributed by atoms with Crippen molar-refractivity contribution >= 4 is 28.0 Å². The standard InChI is InChI=1S/C22H28FN3O6S.C20H31N/c1-13(2)20-18(10-9-16(27)11-17(28)12-19(29)30)21(14-5-7-15(23)8-6-14)25-22(24-20)26(3)33(4,31)32;1-14(2)15-6-8-17-16(12-15)7-9-18-19(3,13-21)10-5-11-20(17,18)4/h5-10,13,16-17,27-28H,11-12H2,1-4H3,(H,29,30);6,8,12,14,18H,5,7,9-11,13,21H2,1-4H3/b10-9+;/t16-,17-;18-,19-,20+/m10/s1. The minimum atomic E-state index is -3.65. The Bertz CT molecular complexity index is 1920. The van der Waals surface area contributed by atoms with E-state index < -0.39 is 40.4 Å².